The summed E-state index contributed by atoms with van der Waals surface area (Å²) in [5.74, 6) is 1.65. The van der Waals surface area contributed by atoms with Crippen LogP contribution < -0.4 is 4.74 Å². The van der Waals surface area contributed by atoms with E-state index in [0.717, 1.165) is 17.2 Å². The van der Waals surface area contributed by atoms with Gasteiger partial charge in [0.25, 0.3) is 0 Å². The first-order chi connectivity index (χ1) is 8.92. The molecule has 88 valence electrons. The summed E-state index contributed by atoms with van der Waals surface area (Å²) in [6, 6.07) is 19.5. The van der Waals surface area contributed by atoms with Gasteiger partial charge in [0.05, 0.1) is 5.69 Å². The molecule has 0 unspecified atom stereocenters. The topological polar surface area (TPSA) is 27.1 Å². The number of hydrogen-bond donors (Lipinski definition) is 0. The molecule has 0 fully saturated rings. The second kappa shape index (κ2) is 4.75. The Kier molecular flexibility index (Phi) is 2.80. The summed E-state index contributed by atoms with van der Waals surface area (Å²) in [7, 11) is 0. The number of benzene rings is 2. The van der Waals surface area contributed by atoms with E-state index in [-0.39, 0.29) is 0 Å². The second-order valence-corrected chi connectivity index (χ2v) is 3.86. The van der Waals surface area contributed by atoms with Gasteiger partial charge in [0.2, 0.25) is 0 Å². The van der Waals surface area contributed by atoms with E-state index in [1.165, 1.54) is 0 Å². The van der Waals surface area contributed by atoms with Gasteiger partial charge in [-0.1, -0.05) is 18.2 Å². The Morgan fingerprint density at radius 3 is 2.17 bits per heavy atom. The highest BCUT2D eigenvalue weighted by Gasteiger charge is 1.98. The predicted molar refractivity (Wildman–Crippen MR) is 70.1 cm³/mol. The zero-order valence-electron chi connectivity index (χ0n) is 9.73. The van der Waals surface area contributed by atoms with Crippen molar-refractivity contribution in [3.8, 4) is 17.2 Å². The molecule has 0 aliphatic heterocycles. The number of rotatable bonds is 3. The fourth-order valence-electron chi connectivity index (χ4n) is 1.71. The predicted octanol–water partition coefficient (Wildman–Crippen LogP) is 3.66. The maximum absolute atomic E-state index is 5.72. The fraction of sp³-hybridized carbons (Fsp3) is 0. The molecule has 3 heteroatoms. The molecular formula is C15H12N2O. The second-order valence-electron chi connectivity index (χ2n) is 3.86. The average molecular weight is 236 g/mol. The van der Waals surface area contributed by atoms with E-state index in [2.05, 4.69) is 5.10 Å². The van der Waals surface area contributed by atoms with Crippen LogP contribution in [0.15, 0.2) is 73.1 Å². The van der Waals surface area contributed by atoms with E-state index in [0.29, 0.717) is 0 Å². The highest BCUT2D eigenvalue weighted by molar-refractivity contribution is 5.38. The molecular weight excluding hydrogens is 224 g/mol. The van der Waals surface area contributed by atoms with E-state index in [1.807, 2.05) is 71.5 Å². The maximum atomic E-state index is 5.72. The smallest absolute Gasteiger partial charge is 0.127 e. The van der Waals surface area contributed by atoms with Gasteiger partial charge in [0.15, 0.2) is 0 Å². The van der Waals surface area contributed by atoms with Crippen LogP contribution in [0.3, 0.4) is 0 Å². The van der Waals surface area contributed by atoms with Gasteiger partial charge in [-0.15, -0.1) is 0 Å². The molecule has 0 aliphatic carbocycles. The van der Waals surface area contributed by atoms with Crippen LogP contribution in [0.1, 0.15) is 0 Å². The van der Waals surface area contributed by atoms with Crippen molar-refractivity contribution in [2.75, 3.05) is 0 Å². The van der Waals surface area contributed by atoms with E-state index in [1.54, 1.807) is 6.20 Å². The van der Waals surface area contributed by atoms with E-state index in [9.17, 15) is 0 Å². The first-order valence-corrected chi connectivity index (χ1v) is 5.75. The molecule has 0 spiro atoms. The van der Waals surface area contributed by atoms with Gasteiger partial charge in [-0.2, -0.15) is 5.10 Å². The van der Waals surface area contributed by atoms with Gasteiger partial charge in [-0.05, 0) is 42.5 Å². The van der Waals surface area contributed by atoms with Crippen LogP contribution in [0.2, 0.25) is 0 Å². The monoisotopic (exact) mass is 236 g/mol. The Morgan fingerprint density at radius 2 is 1.50 bits per heavy atom. The van der Waals surface area contributed by atoms with Crippen molar-refractivity contribution in [3.63, 3.8) is 0 Å². The van der Waals surface area contributed by atoms with E-state index in [4.69, 9.17) is 4.74 Å². The highest BCUT2D eigenvalue weighted by Crippen LogP contribution is 2.21. The number of aromatic nitrogens is 2. The molecule has 0 amide bonds. The van der Waals surface area contributed by atoms with Crippen molar-refractivity contribution in [2.24, 2.45) is 0 Å². The van der Waals surface area contributed by atoms with Crippen LogP contribution in [0.5, 0.6) is 11.5 Å². The minimum atomic E-state index is 0.817. The Hall–Kier alpha value is -2.55. The Morgan fingerprint density at radius 1 is 0.778 bits per heavy atom. The standard InChI is InChI=1S/C15H12N2O/c1-2-5-14(6-3-1)18-15-9-7-13(8-10-15)17-12-4-11-16-17/h1-12H. The molecule has 0 atom stereocenters. The number of hydrogen-bond acceptors (Lipinski definition) is 2. The van der Waals surface area contributed by atoms with Crippen molar-refractivity contribution in [1.29, 1.82) is 0 Å². The van der Waals surface area contributed by atoms with Gasteiger partial charge in [-0.3, -0.25) is 0 Å². The third kappa shape index (κ3) is 2.25. The van der Waals surface area contributed by atoms with Crippen LogP contribution in [-0.4, -0.2) is 9.78 Å². The summed E-state index contributed by atoms with van der Waals surface area (Å²) < 4.78 is 7.53. The Bertz CT molecular complexity index is 601. The molecule has 0 saturated heterocycles. The van der Waals surface area contributed by atoms with Crippen molar-refractivity contribution >= 4 is 0 Å². The largest absolute Gasteiger partial charge is 0.457 e. The minimum absolute atomic E-state index is 0.817. The Labute approximate surface area is 105 Å². The molecule has 0 saturated carbocycles. The van der Waals surface area contributed by atoms with Crippen LogP contribution in [-0.2, 0) is 0 Å². The third-order valence-electron chi connectivity index (χ3n) is 2.58. The molecule has 0 aliphatic rings. The molecule has 1 aromatic heterocycles. The molecule has 2 aromatic carbocycles. The highest BCUT2D eigenvalue weighted by atomic mass is 16.5. The van der Waals surface area contributed by atoms with Crippen molar-refractivity contribution in [2.45, 2.75) is 0 Å². The molecule has 0 bridgehead atoms. The zero-order valence-corrected chi connectivity index (χ0v) is 9.73. The number of ether oxygens (including phenoxy) is 1. The normalized spacial score (nSPS) is 10.2. The van der Waals surface area contributed by atoms with E-state index >= 15 is 0 Å². The van der Waals surface area contributed by atoms with Gasteiger partial charge in [0, 0.05) is 12.4 Å². The zero-order chi connectivity index (χ0) is 12.2. The van der Waals surface area contributed by atoms with Gasteiger partial charge in [-0.25, -0.2) is 4.68 Å². The first-order valence-electron chi connectivity index (χ1n) is 5.75. The lowest BCUT2D eigenvalue weighted by atomic mass is 10.3. The molecule has 3 rings (SSSR count). The maximum Gasteiger partial charge on any atom is 0.127 e. The molecule has 0 N–H and O–H groups in total. The summed E-state index contributed by atoms with van der Waals surface area (Å²) in [5, 5.41) is 4.18. The summed E-state index contributed by atoms with van der Waals surface area (Å²) in [5.41, 5.74) is 1.01. The van der Waals surface area contributed by atoms with Gasteiger partial charge >= 0.3 is 0 Å². The molecule has 1 heterocycles. The van der Waals surface area contributed by atoms with Crippen LogP contribution in [0.4, 0.5) is 0 Å². The molecule has 3 aromatic rings. The average Bonchev–Trinajstić information content (AvgIpc) is 2.95. The fourth-order valence-corrected chi connectivity index (χ4v) is 1.71. The first kappa shape index (κ1) is 10.6. The molecule has 0 radical (unpaired) electrons. The van der Waals surface area contributed by atoms with Gasteiger partial charge in [0.1, 0.15) is 11.5 Å². The minimum Gasteiger partial charge on any atom is -0.457 e. The summed E-state index contributed by atoms with van der Waals surface area (Å²) in [4.78, 5) is 0. The van der Waals surface area contributed by atoms with Crippen LogP contribution >= 0.6 is 0 Å². The lowest BCUT2D eigenvalue weighted by molar-refractivity contribution is 0.482. The summed E-state index contributed by atoms with van der Waals surface area (Å²) in [6.07, 6.45) is 3.67. The lowest BCUT2D eigenvalue weighted by Crippen LogP contribution is -1.93. The quantitative estimate of drug-likeness (QED) is 0.693. The van der Waals surface area contributed by atoms with Crippen LogP contribution in [0.25, 0.3) is 5.69 Å². The summed E-state index contributed by atoms with van der Waals surface area (Å²) >= 11 is 0. The van der Waals surface area contributed by atoms with Crippen molar-refractivity contribution in [3.05, 3.63) is 73.1 Å². The third-order valence-corrected chi connectivity index (χ3v) is 2.58. The summed E-state index contributed by atoms with van der Waals surface area (Å²) in [6.45, 7) is 0. The van der Waals surface area contributed by atoms with Crippen molar-refractivity contribution < 1.29 is 4.74 Å². The van der Waals surface area contributed by atoms with Gasteiger partial charge < -0.3 is 4.74 Å². The van der Waals surface area contributed by atoms with Crippen molar-refractivity contribution in [1.82, 2.24) is 9.78 Å². The lowest BCUT2D eigenvalue weighted by Gasteiger charge is -2.06. The SMILES string of the molecule is c1ccc(Oc2ccc(-n3cccn3)cc2)cc1. The molecule has 3 nitrogen and oxygen atoms in total. The van der Waals surface area contributed by atoms with Crippen LogP contribution in [0, 0.1) is 0 Å². The van der Waals surface area contributed by atoms with E-state index < -0.39 is 0 Å². The Balaban J connectivity index is 1.80. The molecule has 18 heavy (non-hydrogen) atoms. The number of para-hydroxylation sites is 1. The number of nitrogens with zero attached hydrogens (tertiary/aromatic N) is 2.